The summed E-state index contributed by atoms with van der Waals surface area (Å²) in [7, 11) is 0. The molecule has 1 saturated heterocycles. The van der Waals surface area contributed by atoms with Crippen LogP contribution in [0.2, 0.25) is 0 Å². The second-order valence-corrected chi connectivity index (χ2v) is 6.31. The third-order valence-electron chi connectivity index (χ3n) is 4.82. The Kier molecular flexibility index (Phi) is 4.48. The van der Waals surface area contributed by atoms with Crippen LogP contribution in [0.25, 0.3) is 0 Å². The van der Waals surface area contributed by atoms with Crippen LogP contribution >= 0.6 is 0 Å². The molecule has 1 aliphatic heterocycles. The minimum absolute atomic E-state index is 0.00326. The van der Waals surface area contributed by atoms with E-state index in [1.165, 1.54) is 12.8 Å². The first kappa shape index (κ1) is 14.4. The van der Waals surface area contributed by atoms with E-state index in [0.717, 1.165) is 25.2 Å². The van der Waals surface area contributed by atoms with Crippen molar-refractivity contribution >= 4 is 11.8 Å². The lowest BCUT2D eigenvalue weighted by Gasteiger charge is -2.41. The van der Waals surface area contributed by atoms with Gasteiger partial charge in [0.15, 0.2) is 0 Å². The van der Waals surface area contributed by atoms with Crippen LogP contribution in [-0.4, -0.2) is 35.3 Å². The van der Waals surface area contributed by atoms with E-state index in [4.69, 9.17) is 0 Å². The van der Waals surface area contributed by atoms with Crippen LogP contribution in [0.4, 0.5) is 0 Å². The van der Waals surface area contributed by atoms with Gasteiger partial charge in [-0.25, -0.2) is 0 Å². The molecule has 108 valence electrons. The molecule has 0 aromatic carbocycles. The number of carbonyl (C=O) groups excluding carboxylic acids is 2. The minimum atomic E-state index is -0.314. The molecule has 4 heteroatoms. The van der Waals surface area contributed by atoms with Crippen molar-refractivity contribution < 1.29 is 9.59 Å². The van der Waals surface area contributed by atoms with Gasteiger partial charge in [0.25, 0.3) is 0 Å². The molecule has 2 aliphatic rings. The number of piperazine rings is 1. The van der Waals surface area contributed by atoms with Crippen molar-refractivity contribution in [1.29, 1.82) is 0 Å². The van der Waals surface area contributed by atoms with E-state index in [9.17, 15) is 9.59 Å². The van der Waals surface area contributed by atoms with Crippen molar-refractivity contribution in [2.45, 2.75) is 65.0 Å². The van der Waals surface area contributed by atoms with E-state index in [-0.39, 0.29) is 36.4 Å². The second-order valence-electron chi connectivity index (χ2n) is 6.31. The normalized spacial score (nSPS) is 34.1. The van der Waals surface area contributed by atoms with Crippen molar-refractivity contribution in [2.75, 3.05) is 6.54 Å². The summed E-state index contributed by atoms with van der Waals surface area (Å²) < 4.78 is 0. The highest BCUT2D eigenvalue weighted by atomic mass is 16.2. The number of nitrogens with one attached hydrogen (secondary N) is 1. The van der Waals surface area contributed by atoms with Gasteiger partial charge in [0.2, 0.25) is 11.8 Å². The average molecular weight is 266 g/mol. The first-order valence-corrected chi connectivity index (χ1v) is 7.62. The fourth-order valence-corrected chi connectivity index (χ4v) is 3.18. The molecular formula is C15H26N2O2. The predicted octanol–water partition coefficient (Wildman–Crippen LogP) is 1.94. The summed E-state index contributed by atoms with van der Waals surface area (Å²) >= 11 is 0. The molecule has 2 atom stereocenters. The SMILES string of the molecule is CCC(C)C1NC(=O)CN(C2CCC(C)CC2)C1=O. The molecule has 1 aliphatic carbocycles. The molecule has 4 nitrogen and oxygen atoms in total. The maximum absolute atomic E-state index is 12.6. The lowest BCUT2D eigenvalue weighted by Crippen LogP contribution is -2.62. The molecule has 2 amide bonds. The minimum Gasteiger partial charge on any atom is -0.342 e. The van der Waals surface area contributed by atoms with Crippen molar-refractivity contribution in [3.63, 3.8) is 0 Å². The highest BCUT2D eigenvalue weighted by Crippen LogP contribution is 2.29. The Morgan fingerprint density at radius 2 is 1.89 bits per heavy atom. The zero-order valence-corrected chi connectivity index (χ0v) is 12.3. The molecule has 2 rings (SSSR count). The summed E-state index contributed by atoms with van der Waals surface area (Å²) in [5, 5.41) is 2.86. The van der Waals surface area contributed by atoms with Crippen LogP contribution in [0.5, 0.6) is 0 Å². The third kappa shape index (κ3) is 3.10. The second kappa shape index (κ2) is 5.93. The van der Waals surface area contributed by atoms with Crippen LogP contribution in [-0.2, 0) is 9.59 Å². The Bertz CT molecular complexity index is 348. The first-order valence-electron chi connectivity index (χ1n) is 7.62. The van der Waals surface area contributed by atoms with Gasteiger partial charge in [0, 0.05) is 6.04 Å². The fourth-order valence-electron chi connectivity index (χ4n) is 3.18. The van der Waals surface area contributed by atoms with Crippen LogP contribution in [0.1, 0.15) is 52.9 Å². The van der Waals surface area contributed by atoms with Crippen molar-refractivity contribution in [2.24, 2.45) is 11.8 Å². The Hall–Kier alpha value is -1.06. The molecule has 1 saturated carbocycles. The molecule has 0 radical (unpaired) electrons. The zero-order chi connectivity index (χ0) is 14.0. The molecule has 1 N–H and O–H groups in total. The van der Waals surface area contributed by atoms with E-state index in [2.05, 4.69) is 19.2 Å². The summed E-state index contributed by atoms with van der Waals surface area (Å²) in [6.07, 6.45) is 5.35. The molecule has 19 heavy (non-hydrogen) atoms. The summed E-state index contributed by atoms with van der Waals surface area (Å²) in [6, 6.07) is -0.0353. The Morgan fingerprint density at radius 1 is 1.26 bits per heavy atom. The molecule has 1 heterocycles. The fraction of sp³-hybridized carbons (Fsp3) is 0.867. The van der Waals surface area contributed by atoms with Crippen LogP contribution in [0, 0.1) is 11.8 Å². The van der Waals surface area contributed by atoms with E-state index in [1.54, 1.807) is 0 Å². The smallest absolute Gasteiger partial charge is 0.246 e. The maximum Gasteiger partial charge on any atom is 0.246 e. The standard InChI is InChI=1S/C15H26N2O2/c1-4-11(3)14-15(19)17(9-13(18)16-14)12-7-5-10(2)6-8-12/h10-12,14H,4-9H2,1-3H3,(H,16,18). The van der Waals surface area contributed by atoms with Gasteiger partial charge >= 0.3 is 0 Å². The van der Waals surface area contributed by atoms with Crippen LogP contribution < -0.4 is 5.32 Å². The maximum atomic E-state index is 12.6. The summed E-state index contributed by atoms with van der Waals surface area (Å²) in [5.74, 6) is 1.11. The average Bonchev–Trinajstić information content (AvgIpc) is 2.41. The molecule has 0 aromatic heterocycles. The van der Waals surface area contributed by atoms with Gasteiger partial charge in [-0.15, -0.1) is 0 Å². The van der Waals surface area contributed by atoms with Gasteiger partial charge < -0.3 is 10.2 Å². The van der Waals surface area contributed by atoms with Gasteiger partial charge in [0.1, 0.15) is 6.04 Å². The Labute approximate surface area is 115 Å². The number of hydrogen-bond acceptors (Lipinski definition) is 2. The number of rotatable bonds is 3. The molecule has 2 fully saturated rings. The summed E-state index contributed by atoms with van der Waals surface area (Å²) in [6.45, 7) is 6.62. The van der Waals surface area contributed by atoms with Gasteiger partial charge in [0.05, 0.1) is 6.54 Å². The summed E-state index contributed by atoms with van der Waals surface area (Å²) in [4.78, 5) is 26.3. The number of carbonyl (C=O) groups is 2. The van der Waals surface area contributed by atoms with E-state index >= 15 is 0 Å². The predicted molar refractivity (Wildman–Crippen MR) is 74.5 cm³/mol. The molecule has 0 bridgehead atoms. The number of nitrogens with zero attached hydrogens (tertiary/aromatic N) is 1. The molecule has 0 aromatic rings. The Morgan fingerprint density at radius 3 is 2.47 bits per heavy atom. The third-order valence-corrected chi connectivity index (χ3v) is 4.82. The zero-order valence-electron chi connectivity index (χ0n) is 12.3. The van der Waals surface area contributed by atoms with Gasteiger partial charge in [-0.2, -0.15) is 0 Å². The van der Waals surface area contributed by atoms with E-state index in [1.807, 2.05) is 11.8 Å². The van der Waals surface area contributed by atoms with Gasteiger partial charge in [-0.1, -0.05) is 27.2 Å². The molecular weight excluding hydrogens is 240 g/mol. The molecule has 2 unspecified atom stereocenters. The molecule has 0 spiro atoms. The van der Waals surface area contributed by atoms with Crippen molar-refractivity contribution in [3.05, 3.63) is 0 Å². The van der Waals surface area contributed by atoms with E-state index in [0.29, 0.717) is 0 Å². The first-order chi connectivity index (χ1) is 9.02. The number of amides is 2. The Balaban J connectivity index is 2.07. The van der Waals surface area contributed by atoms with Crippen LogP contribution in [0.15, 0.2) is 0 Å². The topological polar surface area (TPSA) is 49.4 Å². The summed E-state index contributed by atoms with van der Waals surface area (Å²) in [5.41, 5.74) is 0. The number of hydrogen-bond donors (Lipinski definition) is 1. The largest absolute Gasteiger partial charge is 0.342 e. The van der Waals surface area contributed by atoms with Gasteiger partial charge in [-0.05, 0) is 37.5 Å². The lowest BCUT2D eigenvalue weighted by atomic mass is 9.85. The highest BCUT2D eigenvalue weighted by Gasteiger charge is 2.39. The lowest BCUT2D eigenvalue weighted by molar-refractivity contribution is -0.149. The van der Waals surface area contributed by atoms with Crippen LogP contribution in [0.3, 0.4) is 0 Å². The van der Waals surface area contributed by atoms with Crippen molar-refractivity contribution in [3.8, 4) is 0 Å². The quantitative estimate of drug-likeness (QED) is 0.848. The van der Waals surface area contributed by atoms with Gasteiger partial charge in [-0.3, -0.25) is 9.59 Å². The van der Waals surface area contributed by atoms with Crippen molar-refractivity contribution in [1.82, 2.24) is 10.2 Å². The highest BCUT2D eigenvalue weighted by molar-refractivity contribution is 5.95. The monoisotopic (exact) mass is 266 g/mol. The van der Waals surface area contributed by atoms with E-state index < -0.39 is 0 Å².